The second kappa shape index (κ2) is 10.2. The third-order valence-electron chi connectivity index (χ3n) is 3.35. The first-order valence-electron chi connectivity index (χ1n) is 8.62. The van der Waals surface area contributed by atoms with Crippen LogP contribution in [0.25, 0.3) is 10.9 Å². The molecule has 0 unspecified atom stereocenters. The first kappa shape index (κ1) is 19.5. The number of para-hydroxylation sites is 1. The smallest absolute Gasteiger partial charge is 0.230 e. The summed E-state index contributed by atoms with van der Waals surface area (Å²) < 4.78 is 5.45. The molecular weight excluding hydrogens is 336 g/mol. The number of hydrogen-bond donors (Lipinski definition) is 2. The van der Waals surface area contributed by atoms with Crippen LogP contribution in [-0.2, 0) is 9.53 Å². The van der Waals surface area contributed by atoms with Gasteiger partial charge in [0, 0.05) is 25.1 Å². The van der Waals surface area contributed by atoms with E-state index < -0.39 is 0 Å². The van der Waals surface area contributed by atoms with Gasteiger partial charge < -0.3 is 15.4 Å². The minimum absolute atomic E-state index is 0.0173. The summed E-state index contributed by atoms with van der Waals surface area (Å²) in [6.07, 6.45) is 1.04. The van der Waals surface area contributed by atoms with Crippen LogP contribution in [0.15, 0.2) is 29.4 Å². The first-order chi connectivity index (χ1) is 12.1. The molecule has 25 heavy (non-hydrogen) atoms. The Morgan fingerprint density at radius 2 is 2.08 bits per heavy atom. The highest BCUT2D eigenvalue weighted by Crippen LogP contribution is 2.24. The first-order valence-corrected chi connectivity index (χ1v) is 9.60. The lowest BCUT2D eigenvalue weighted by atomic mass is 10.2. The fourth-order valence-corrected chi connectivity index (χ4v) is 2.90. The number of benzene rings is 1. The van der Waals surface area contributed by atoms with E-state index in [4.69, 9.17) is 4.74 Å². The van der Waals surface area contributed by atoms with E-state index in [1.807, 2.05) is 45.0 Å². The van der Waals surface area contributed by atoms with Crippen LogP contribution in [0.3, 0.4) is 0 Å². The molecule has 0 radical (unpaired) electrons. The number of hydrogen-bond acceptors (Lipinski definition) is 6. The monoisotopic (exact) mass is 362 g/mol. The van der Waals surface area contributed by atoms with Gasteiger partial charge in [-0.1, -0.05) is 23.9 Å². The fourth-order valence-electron chi connectivity index (χ4n) is 2.22. The zero-order chi connectivity index (χ0) is 18.1. The number of nitrogens with zero attached hydrogens (tertiary/aromatic N) is 2. The van der Waals surface area contributed by atoms with E-state index in [-0.39, 0.29) is 12.0 Å². The average molecular weight is 362 g/mol. The summed E-state index contributed by atoms with van der Waals surface area (Å²) in [7, 11) is 0. The molecule has 1 aromatic carbocycles. The molecule has 0 atom stereocenters. The number of amides is 1. The van der Waals surface area contributed by atoms with Crippen LogP contribution in [-0.4, -0.2) is 47.4 Å². The van der Waals surface area contributed by atoms with Crippen LogP contribution in [0.5, 0.6) is 0 Å². The van der Waals surface area contributed by atoms with E-state index in [9.17, 15) is 4.79 Å². The minimum Gasteiger partial charge on any atom is -0.379 e. The van der Waals surface area contributed by atoms with Gasteiger partial charge in [0.2, 0.25) is 5.91 Å². The van der Waals surface area contributed by atoms with Crippen LogP contribution in [0.4, 0.5) is 5.82 Å². The van der Waals surface area contributed by atoms with Gasteiger partial charge in [-0.05, 0) is 39.3 Å². The van der Waals surface area contributed by atoms with Gasteiger partial charge in [0.1, 0.15) is 5.82 Å². The number of thioether (sulfide) groups is 1. The van der Waals surface area contributed by atoms with Crippen molar-refractivity contribution in [3.05, 3.63) is 24.3 Å². The Bertz CT molecular complexity index is 694. The van der Waals surface area contributed by atoms with Crippen molar-refractivity contribution in [2.24, 2.45) is 0 Å². The summed E-state index contributed by atoms with van der Waals surface area (Å²) in [6, 6.07) is 7.87. The van der Waals surface area contributed by atoms with Gasteiger partial charge in [0.05, 0.1) is 17.4 Å². The summed E-state index contributed by atoms with van der Waals surface area (Å²) in [5.41, 5.74) is 0.877. The Kier molecular flexibility index (Phi) is 7.94. The number of carbonyl (C=O) groups is 1. The molecule has 0 aliphatic rings. The molecule has 0 fully saturated rings. The number of fused-ring (bicyclic) bond motifs is 1. The SMILES string of the molecule is CCNc1nc(SCC(=O)NCCCOC(C)C)nc2ccccc12. The third-order valence-corrected chi connectivity index (χ3v) is 4.20. The van der Waals surface area contributed by atoms with Crippen LogP contribution in [0.1, 0.15) is 27.2 Å². The van der Waals surface area contributed by atoms with Crippen LogP contribution < -0.4 is 10.6 Å². The molecule has 2 N–H and O–H groups in total. The maximum absolute atomic E-state index is 11.9. The van der Waals surface area contributed by atoms with E-state index in [0.29, 0.717) is 24.1 Å². The normalized spacial score (nSPS) is 11.0. The number of nitrogens with one attached hydrogen (secondary N) is 2. The van der Waals surface area contributed by atoms with Gasteiger partial charge >= 0.3 is 0 Å². The summed E-state index contributed by atoms with van der Waals surface area (Å²) in [6.45, 7) is 8.09. The average Bonchev–Trinajstić information content (AvgIpc) is 2.59. The van der Waals surface area contributed by atoms with Gasteiger partial charge in [-0.3, -0.25) is 4.79 Å². The molecule has 0 saturated heterocycles. The van der Waals surface area contributed by atoms with Crippen LogP contribution >= 0.6 is 11.8 Å². The molecule has 1 aromatic heterocycles. The Morgan fingerprint density at radius 3 is 2.84 bits per heavy atom. The van der Waals surface area contributed by atoms with Crippen molar-refractivity contribution < 1.29 is 9.53 Å². The molecule has 2 aromatic rings. The summed E-state index contributed by atoms with van der Waals surface area (Å²) in [4.78, 5) is 21.0. The van der Waals surface area contributed by atoms with Gasteiger partial charge in [-0.25, -0.2) is 9.97 Å². The third kappa shape index (κ3) is 6.51. The van der Waals surface area contributed by atoms with Crippen LogP contribution in [0, 0.1) is 0 Å². The Hall–Kier alpha value is -1.86. The highest BCUT2D eigenvalue weighted by atomic mass is 32.2. The molecule has 1 amide bonds. The van der Waals surface area contributed by atoms with E-state index in [0.717, 1.165) is 29.7 Å². The molecule has 7 heteroatoms. The number of carbonyl (C=O) groups excluding carboxylic acids is 1. The maximum atomic E-state index is 11.9. The molecule has 136 valence electrons. The van der Waals surface area contributed by atoms with Crippen LogP contribution in [0.2, 0.25) is 0 Å². The zero-order valence-corrected chi connectivity index (χ0v) is 15.9. The number of ether oxygens (including phenoxy) is 1. The number of rotatable bonds is 10. The second-order valence-electron chi connectivity index (χ2n) is 5.81. The zero-order valence-electron chi connectivity index (χ0n) is 15.0. The molecular formula is C18H26N4O2S. The lowest BCUT2D eigenvalue weighted by molar-refractivity contribution is -0.118. The van der Waals surface area contributed by atoms with E-state index in [1.165, 1.54) is 11.8 Å². The Morgan fingerprint density at radius 1 is 1.28 bits per heavy atom. The summed E-state index contributed by atoms with van der Waals surface area (Å²) in [5.74, 6) is 1.09. The lowest BCUT2D eigenvalue weighted by Gasteiger charge is -2.10. The quantitative estimate of drug-likeness (QED) is 0.384. The van der Waals surface area contributed by atoms with Gasteiger partial charge in [0.15, 0.2) is 5.16 Å². The van der Waals surface area contributed by atoms with E-state index in [1.54, 1.807) is 0 Å². The van der Waals surface area contributed by atoms with Crippen molar-refractivity contribution in [2.75, 3.05) is 30.8 Å². The molecule has 0 spiro atoms. The van der Waals surface area contributed by atoms with Crippen molar-refractivity contribution >= 4 is 34.4 Å². The number of anilines is 1. The lowest BCUT2D eigenvalue weighted by Crippen LogP contribution is -2.27. The molecule has 0 saturated carbocycles. The van der Waals surface area contributed by atoms with Crippen molar-refractivity contribution in [1.82, 2.24) is 15.3 Å². The molecule has 0 aliphatic carbocycles. The van der Waals surface area contributed by atoms with Gasteiger partial charge in [-0.15, -0.1) is 0 Å². The minimum atomic E-state index is -0.0173. The van der Waals surface area contributed by atoms with Crippen molar-refractivity contribution in [3.8, 4) is 0 Å². The highest BCUT2D eigenvalue weighted by Gasteiger charge is 2.09. The molecule has 0 aliphatic heterocycles. The molecule has 2 rings (SSSR count). The molecule has 0 bridgehead atoms. The van der Waals surface area contributed by atoms with E-state index in [2.05, 4.69) is 20.6 Å². The van der Waals surface area contributed by atoms with Gasteiger partial charge in [0.25, 0.3) is 0 Å². The van der Waals surface area contributed by atoms with Crippen molar-refractivity contribution in [1.29, 1.82) is 0 Å². The Balaban J connectivity index is 1.86. The highest BCUT2D eigenvalue weighted by molar-refractivity contribution is 7.99. The fraction of sp³-hybridized carbons (Fsp3) is 0.500. The number of aromatic nitrogens is 2. The molecule has 6 nitrogen and oxygen atoms in total. The van der Waals surface area contributed by atoms with Gasteiger partial charge in [-0.2, -0.15) is 0 Å². The standard InChI is InChI=1S/C18H26N4O2S/c1-4-19-17-14-8-5-6-9-15(14)21-18(22-17)25-12-16(23)20-10-7-11-24-13(2)3/h5-6,8-9,13H,4,7,10-12H2,1-3H3,(H,20,23)(H,19,21,22). The van der Waals surface area contributed by atoms with Crippen molar-refractivity contribution in [3.63, 3.8) is 0 Å². The molecule has 1 heterocycles. The predicted octanol–water partition coefficient (Wildman–Crippen LogP) is 3.09. The second-order valence-corrected chi connectivity index (χ2v) is 6.76. The summed E-state index contributed by atoms with van der Waals surface area (Å²) in [5, 5.41) is 7.74. The topological polar surface area (TPSA) is 76.1 Å². The Labute approximate surface area is 153 Å². The van der Waals surface area contributed by atoms with E-state index >= 15 is 0 Å². The maximum Gasteiger partial charge on any atom is 0.230 e. The summed E-state index contributed by atoms with van der Waals surface area (Å²) >= 11 is 1.35. The largest absolute Gasteiger partial charge is 0.379 e. The van der Waals surface area contributed by atoms with Crippen molar-refractivity contribution in [2.45, 2.75) is 38.5 Å². The predicted molar refractivity (Wildman–Crippen MR) is 103 cm³/mol.